The van der Waals surface area contributed by atoms with E-state index in [1.54, 1.807) is 18.5 Å². The van der Waals surface area contributed by atoms with E-state index in [-0.39, 0.29) is 11.7 Å². The Hall–Kier alpha value is -2.87. The fourth-order valence-electron chi connectivity index (χ4n) is 2.25. The van der Waals surface area contributed by atoms with E-state index >= 15 is 0 Å². The second kappa shape index (κ2) is 7.35. The van der Waals surface area contributed by atoms with Crippen LogP contribution < -0.4 is 11.2 Å². The predicted molar refractivity (Wildman–Crippen MR) is 98.7 cm³/mol. The van der Waals surface area contributed by atoms with Gasteiger partial charge in [0.1, 0.15) is 0 Å². The summed E-state index contributed by atoms with van der Waals surface area (Å²) < 4.78 is 1.37. The molecule has 7 nitrogen and oxygen atoms in total. The number of carbonyl (C=O) groups excluding carboxylic acids is 1. The topological polar surface area (TPSA) is 98.7 Å². The number of benzene rings is 1. The van der Waals surface area contributed by atoms with Crippen molar-refractivity contribution < 1.29 is 4.79 Å². The minimum absolute atomic E-state index is 0.121. The number of hydrogen-bond acceptors (Lipinski definition) is 6. The molecule has 0 spiro atoms. The molecule has 1 amide bonds. The molecule has 0 aliphatic carbocycles. The minimum atomic E-state index is -0.121. The Labute approximate surface area is 149 Å². The molecule has 2 heterocycles. The Morgan fingerprint density at radius 2 is 2.12 bits per heavy atom. The van der Waals surface area contributed by atoms with Gasteiger partial charge in [0.2, 0.25) is 11.1 Å². The second-order valence-electron chi connectivity index (χ2n) is 5.57. The van der Waals surface area contributed by atoms with Crippen molar-refractivity contribution in [2.75, 3.05) is 16.9 Å². The second-order valence-corrected chi connectivity index (χ2v) is 6.52. The van der Waals surface area contributed by atoms with Crippen molar-refractivity contribution in [2.24, 2.45) is 0 Å². The van der Waals surface area contributed by atoms with Gasteiger partial charge in [-0.25, -0.2) is 4.68 Å². The number of aryl methyl sites for hydroxylation is 2. The van der Waals surface area contributed by atoms with E-state index in [0.29, 0.717) is 11.0 Å². The normalized spacial score (nSPS) is 10.6. The first-order chi connectivity index (χ1) is 12.0. The van der Waals surface area contributed by atoms with Crippen LogP contribution in [0.2, 0.25) is 0 Å². The van der Waals surface area contributed by atoms with Crippen LogP contribution in [-0.4, -0.2) is 31.5 Å². The maximum atomic E-state index is 12.2. The largest absolute Gasteiger partial charge is 0.335 e. The maximum Gasteiger partial charge on any atom is 0.234 e. The molecular formula is C17H18N6OS. The van der Waals surface area contributed by atoms with Crippen molar-refractivity contribution >= 4 is 23.4 Å². The molecule has 0 saturated heterocycles. The fourth-order valence-corrected chi connectivity index (χ4v) is 2.91. The highest BCUT2D eigenvalue weighted by Crippen LogP contribution is 2.21. The summed E-state index contributed by atoms with van der Waals surface area (Å²) in [6, 6.07) is 9.59. The third-order valence-corrected chi connectivity index (χ3v) is 4.53. The molecule has 25 heavy (non-hydrogen) atoms. The highest BCUT2D eigenvalue weighted by Gasteiger charge is 2.14. The molecule has 0 atom stereocenters. The van der Waals surface area contributed by atoms with Crippen LogP contribution in [0.3, 0.4) is 0 Å². The Bertz CT molecular complexity index is 893. The van der Waals surface area contributed by atoms with Crippen LogP contribution >= 0.6 is 11.8 Å². The molecule has 0 bridgehead atoms. The molecule has 128 valence electrons. The van der Waals surface area contributed by atoms with Crippen LogP contribution in [0.1, 0.15) is 11.1 Å². The van der Waals surface area contributed by atoms with Crippen LogP contribution in [0, 0.1) is 13.8 Å². The van der Waals surface area contributed by atoms with Crippen molar-refractivity contribution in [2.45, 2.75) is 19.0 Å². The molecular weight excluding hydrogens is 336 g/mol. The molecule has 8 heteroatoms. The molecule has 3 aromatic rings. The van der Waals surface area contributed by atoms with Crippen molar-refractivity contribution in [1.29, 1.82) is 0 Å². The highest BCUT2D eigenvalue weighted by atomic mass is 32.2. The maximum absolute atomic E-state index is 12.2. The lowest BCUT2D eigenvalue weighted by Crippen LogP contribution is -2.17. The Morgan fingerprint density at radius 3 is 2.88 bits per heavy atom. The lowest BCUT2D eigenvalue weighted by Gasteiger charge is -2.09. The number of aromatic nitrogens is 4. The van der Waals surface area contributed by atoms with Gasteiger partial charge in [0.25, 0.3) is 0 Å². The summed E-state index contributed by atoms with van der Waals surface area (Å²) in [6.45, 7) is 3.94. The third-order valence-electron chi connectivity index (χ3n) is 3.58. The average molecular weight is 354 g/mol. The minimum Gasteiger partial charge on any atom is -0.335 e. The van der Waals surface area contributed by atoms with Crippen molar-refractivity contribution in [3.05, 3.63) is 53.9 Å². The number of amides is 1. The van der Waals surface area contributed by atoms with Crippen molar-refractivity contribution in [1.82, 2.24) is 19.9 Å². The SMILES string of the molecule is Cc1ccc(C)c(NC(=O)CSc2nnc(-c3cccnc3)n2N)c1. The average Bonchev–Trinajstić information content (AvgIpc) is 2.98. The van der Waals surface area contributed by atoms with Gasteiger partial charge in [-0.15, -0.1) is 10.2 Å². The number of rotatable bonds is 5. The summed E-state index contributed by atoms with van der Waals surface area (Å²) in [5.41, 5.74) is 3.70. The molecule has 0 aliphatic heterocycles. The molecule has 0 aliphatic rings. The molecule has 0 unspecified atom stereocenters. The van der Waals surface area contributed by atoms with Crippen molar-refractivity contribution in [3.8, 4) is 11.4 Å². The monoisotopic (exact) mass is 354 g/mol. The molecule has 2 aromatic heterocycles. The van der Waals surface area contributed by atoms with Gasteiger partial charge < -0.3 is 11.2 Å². The molecule has 0 saturated carbocycles. The number of nitrogens with one attached hydrogen (secondary N) is 1. The summed E-state index contributed by atoms with van der Waals surface area (Å²) in [4.78, 5) is 16.2. The number of nitrogens with zero attached hydrogens (tertiary/aromatic N) is 4. The van der Waals surface area contributed by atoms with Crippen LogP contribution in [0.5, 0.6) is 0 Å². The standard InChI is InChI=1S/C17H18N6OS/c1-11-5-6-12(2)14(8-11)20-15(24)10-25-17-22-21-16(23(17)18)13-4-3-7-19-9-13/h3-9H,10,18H2,1-2H3,(H,20,24). The van der Waals surface area contributed by atoms with Crippen LogP contribution in [-0.2, 0) is 4.79 Å². The van der Waals surface area contributed by atoms with E-state index in [2.05, 4.69) is 20.5 Å². The van der Waals surface area contributed by atoms with Gasteiger partial charge in [0, 0.05) is 23.6 Å². The molecule has 0 radical (unpaired) electrons. The summed E-state index contributed by atoms with van der Waals surface area (Å²) in [6.07, 6.45) is 3.34. The summed E-state index contributed by atoms with van der Waals surface area (Å²) in [5, 5.41) is 11.5. The molecule has 1 aromatic carbocycles. The number of hydrogen-bond donors (Lipinski definition) is 2. The number of thioether (sulfide) groups is 1. The Morgan fingerprint density at radius 1 is 1.28 bits per heavy atom. The van der Waals surface area contributed by atoms with Gasteiger partial charge in [-0.2, -0.15) is 0 Å². The van der Waals surface area contributed by atoms with Gasteiger partial charge in [-0.3, -0.25) is 9.78 Å². The zero-order valence-corrected chi connectivity index (χ0v) is 14.7. The van der Waals surface area contributed by atoms with E-state index in [1.165, 1.54) is 16.4 Å². The van der Waals surface area contributed by atoms with Crippen LogP contribution in [0.4, 0.5) is 5.69 Å². The first-order valence-corrected chi connectivity index (χ1v) is 8.64. The summed E-state index contributed by atoms with van der Waals surface area (Å²) in [7, 11) is 0. The summed E-state index contributed by atoms with van der Waals surface area (Å²) in [5.74, 6) is 6.60. The highest BCUT2D eigenvalue weighted by molar-refractivity contribution is 7.99. The van der Waals surface area contributed by atoms with E-state index in [1.807, 2.05) is 38.1 Å². The number of nitrogens with two attached hydrogens (primary N) is 1. The first-order valence-electron chi connectivity index (χ1n) is 7.65. The van der Waals surface area contributed by atoms with Gasteiger partial charge in [0.05, 0.1) is 5.75 Å². The van der Waals surface area contributed by atoms with E-state index in [9.17, 15) is 4.79 Å². The lowest BCUT2D eigenvalue weighted by molar-refractivity contribution is -0.113. The van der Waals surface area contributed by atoms with E-state index in [4.69, 9.17) is 5.84 Å². The molecule has 3 N–H and O–H groups in total. The van der Waals surface area contributed by atoms with Gasteiger partial charge in [-0.1, -0.05) is 23.9 Å². The smallest absolute Gasteiger partial charge is 0.234 e. The van der Waals surface area contributed by atoms with Gasteiger partial charge in [0.15, 0.2) is 5.82 Å². The number of pyridine rings is 1. The Balaban J connectivity index is 1.65. The van der Waals surface area contributed by atoms with Gasteiger partial charge in [-0.05, 0) is 43.2 Å². The number of nitrogen functional groups attached to an aromatic ring is 1. The Kier molecular flexibility index (Phi) is 4.99. The first kappa shape index (κ1) is 17.0. The molecule has 3 rings (SSSR count). The van der Waals surface area contributed by atoms with Crippen molar-refractivity contribution in [3.63, 3.8) is 0 Å². The van der Waals surface area contributed by atoms with E-state index in [0.717, 1.165) is 22.4 Å². The van der Waals surface area contributed by atoms with Crippen LogP contribution in [0.25, 0.3) is 11.4 Å². The number of carbonyl (C=O) groups is 1. The fraction of sp³-hybridized carbons (Fsp3) is 0.176. The lowest BCUT2D eigenvalue weighted by atomic mass is 10.1. The zero-order chi connectivity index (χ0) is 17.8. The number of anilines is 1. The molecule has 0 fully saturated rings. The zero-order valence-electron chi connectivity index (χ0n) is 13.9. The van der Waals surface area contributed by atoms with Gasteiger partial charge >= 0.3 is 0 Å². The summed E-state index contributed by atoms with van der Waals surface area (Å²) >= 11 is 1.23. The van der Waals surface area contributed by atoms with Crippen LogP contribution in [0.15, 0.2) is 47.9 Å². The quantitative estimate of drug-likeness (QED) is 0.539. The predicted octanol–water partition coefficient (Wildman–Crippen LogP) is 2.40. The van der Waals surface area contributed by atoms with E-state index < -0.39 is 0 Å². The third kappa shape index (κ3) is 3.97.